The first kappa shape index (κ1) is 32.3. The Kier molecular flexibility index (Phi) is 11.9. The lowest BCUT2D eigenvalue weighted by Crippen LogP contribution is -2.51. The van der Waals surface area contributed by atoms with Crippen LogP contribution in [0.2, 0.25) is 5.02 Å². The molecule has 0 saturated heterocycles. The van der Waals surface area contributed by atoms with Crippen LogP contribution in [0.4, 0.5) is 5.69 Å². The predicted octanol–water partition coefficient (Wildman–Crippen LogP) is 5.60. The molecular formula is C30H36ClN3O5S2. The minimum Gasteiger partial charge on any atom is -0.494 e. The summed E-state index contributed by atoms with van der Waals surface area (Å²) in [5, 5.41) is 3.32. The topological polar surface area (TPSA) is 96.0 Å². The predicted molar refractivity (Wildman–Crippen MR) is 165 cm³/mol. The van der Waals surface area contributed by atoms with Gasteiger partial charge in [0.2, 0.25) is 11.8 Å². The molecule has 220 valence electrons. The minimum absolute atomic E-state index is 0.0483. The van der Waals surface area contributed by atoms with E-state index in [9.17, 15) is 18.0 Å². The first-order chi connectivity index (χ1) is 19.6. The van der Waals surface area contributed by atoms with Crippen LogP contribution in [0, 0.1) is 0 Å². The largest absolute Gasteiger partial charge is 0.494 e. The summed E-state index contributed by atoms with van der Waals surface area (Å²) in [7, 11) is -4.16. The number of carbonyl (C=O) groups is 2. The van der Waals surface area contributed by atoms with Crippen molar-refractivity contribution in [2.75, 3.05) is 30.3 Å². The maximum atomic E-state index is 14.0. The molecule has 8 nitrogen and oxygen atoms in total. The lowest BCUT2D eigenvalue weighted by molar-refractivity contribution is -0.139. The third-order valence-electron chi connectivity index (χ3n) is 6.32. The molecule has 3 rings (SSSR count). The molecule has 0 fully saturated rings. The molecule has 0 bridgehead atoms. The summed E-state index contributed by atoms with van der Waals surface area (Å²) in [6.45, 7) is 5.88. The highest BCUT2D eigenvalue weighted by atomic mass is 35.5. The van der Waals surface area contributed by atoms with Crippen LogP contribution in [-0.4, -0.2) is 57.1 Å². The molecule has 0 aliphatic heterocycles. The van der Waals surface area contributed by atoms with Crippen molar-refractivity contribution >= 4 is 50.9 Å². The molecule has 0 aromatic heterocycles. The minimum atomic E-state index is -4.16. The second-order valence-corrected chi connectivity index (χ2v) is 12.4. The van der Waals surface area contributed by atoms with Crippen LogP contribution in [0.25, 0.3) is 0 Å². The van der Waals surface area contributed by atoms with Gasteiger partial charge in [0.15, 0.2) is 0 Å². The average molecular weight is 618 g/mol. The highest BCUT2D eigenvalue weighted by Gasteiger charge is 2.32. The average Bonchev–Trinajstić information content (AvgIpc) is 2.97. The summed E-state index contributed by atoms with van der Waals surface area (Å²) in [6.07, 6.45) is 2.64. The van der Waals surface area contributed by atoms with Crippen LogP contribution in [0.1, 0.15) is 32.8 Å². The van der Waals surface area contributed by atoms with E-state index >= 15 is 0 Å². The number of benzene rings is 3. The first-order valence-corrected chi connectivity index (χ1v) is 16.4. The van der Waals surface area contributed by atoms with Crippen LogP contribution in [-0.2, 0) is 26.2 Å². The number of sulfonamides is 1. The molecule has 1 unspecified atom stereocenters. The number of amides is 2. The fraction of sp³-hybridized carbons (Fsp3) is 0.333. The number of halogens is 1. The molecule has 2 amide bonds. The van der Waals surface area contributed by atoms with Crippen molar-refractivity contribution < 1.29 is 22.7 Å². The molecule has 0 aliphatic rings. The van der Waals surface area contributed by atoms with Gasteiger partial charge in [-0.3, -0.25) is 13.9 Å². The number of nitrogens with zero attached hydrogens (tertiary/aromatic N) is 2. The Morgan fingerprint density at radius 2 is 1.71 bits per heavy atom. The normalized spacial score (nSPS) is 11.9. The number of rotatable bonds is 14. The number of ether oxygens (including phenoxy) is 1. The molecule has 3 aromatic carbocycles. The third-order valence-corrected chi connectivity index (χ3v) is 9.09. The quantitative estimate of drug-likeness (QED) is 0.237. The van der Waals surface area contributed by atoms with Gasteiger partial charge in [0.1, 0.15) is 18.3 Å². The van der Waals surface area contributed by atoms with Gasteiger partial charge in [0.05, 0.1) is 17.2 Å². The van der Waals surface area contributed by atoms with Gasteiger partial charge < -0.3 is 15.0 Å². The van der Waals surface area contributed by atoms with Gasteiger partial charge in [-0.1, -0.05) is 30.7 Å². The molecule has 41 heavy (non-hydrogen) atoms. The third kappa shape index (κ3) is 8.64. The zero-order chi connectivity index (χ0) is 30.0. The Bertz CT molecular complexity index is 1420. The summed E-state index contributed by atoms with van der Waals surface area (Å²) < 4.78 is 34.5. The van der Waals surface area contributed by atoms with Crippen LogP contribution < -0.4 is 14.4 Å². The van der Waals surface area contributed by atoms with E-state index in [1.54, 1.807) is 67.6 Å². The lowest BCUT2D eigenvalue weighted by Gasteiger charge is -2.32. The van der Waals surface area contributed by atoms with Crippen molar-refractivity contribution in [2.24, 2.45) is 0 Å². The molecule has 0 radical (unpaired) electrons. The highest BCUT2D eigenvalue weighted by molar-refractivity contribution is 7.98. The van der Waals surface area contributed by atoms with E-state index in [-0.39, 0.29) is 17.3 Å². The maximum absolute atomic E-state index is 14.0. The molecule has 0 saturated carbocycles. The molecule has 0 heterocycles. The molecule has 11 heteroatoms. The first-order valence-electron chi connectivity index (χ1n) is 13.3. The monoisotopic (exact) mass is 617 g/mol. The van der Waals surface area contributed by atoms with E-state index in [0.717, 1.165) is 15.6 Å². The Labute approximate surface area is 252 Å². The fourth-order valence-corrected chi connectivity index (χ4v) is 6.12. The molecule has 0 spiro atoms. The van der Waals surface area contributed by atoms with Gasteiger partial charge >= 0.3 is 0 Å². The van der Waals surface area contributed by atoms with Crippen LogP contribution in [0.15, 0.2) is 82.6 Å². The van der Waals surface area contributed by atoms with Crippen molar-refractivity contribution in [3.63, 3.8) is 0 Å². The SMILES string of the molecule is CCCNC(=O)C(C)N(Cc1cccc(Cl)c1)C(=O)CN(c1ccc(OCC)cc1)S(=O)(=O)c1ccc(SC)cc1. The van der Waals surface area contributed by atoms with Crippen LogP contribution in [0.5, 0.6) is 5.75 Å². The number of carbonyl (C=O) groups excluding carboxylic acids is 2. The van der Waals surface area contributed by atoms with Gasteiger partial charge in [0.25, 0.3) is 10.0 Å². The number of anilines is 1. The Balaban J connectivity index is 2.03. The van der Waals surface area contributed by atoms with E-state index in [1.807, 2.05) is 20.1 Å². The van der Waals surface area contributed by atoms with Gasteiger partial charge in [-0.25, -0.2) is 8.42 Å². The molecule has 0 aliphatic carbocycles. The van der Waals surface area contributed by atoms with E-state index in [2.05, 4.69) is 5.32 Å². The number of thioether (sulfide) groups is 1. The standard InChI is InChI=1S/C30H36ClN3O5S2/c1-5-18-32-30(36)22(3)33(20-23-8-7-9-24(31)19-23)29(35)21-34(25-10-12-26(13-11-25)39-6-2)41(37,38)28-16-14-27(40-4)15-17-28/h7-17,19,22H,5-6,18,20-21H2,1-4H3,(H,32,36). The summed E-state index contributed by atoms with van der Waals surface area (Å²) in [6, 6.07) is 19.2. The second kappa shape index (κ2) is 15.1. The summed E-state index contributed by atoms with van der Waals surface area (Å²) >= 11 is 7.68. The number of hydrogen-bond donors (Lipinski definition) is 1. The van der Waals surface area contributed by atoms with Gasteiger partial charge in [-0.05, 0) is 92.8 Å². The van der Waals surface area contributed by atoms with Crippen molar-refractivity contribution in [2.45, 2.75) is 49.6 Å². The number of nitrogens with one attached hydrogen (secondary N) is 1. The lowest BCUT2D eigenvalue weighted by atomic mass is 10.1. The highest BCUT2D eigenvalue weighted by Crippen LogP contribution is 2.28. The summed E-state index contributed by atoms with van der Waals surface area (Å²) in [5.74, 6) is -0.291. The van der Waals surface area contributed by atoms with Crippen molar-refractivity contribution in [1.82, 2.24) is 10.2 Å². The molecule has 3 aromatic rings. The maximum Gasteiger partial charge on any atom is 0.264 e. The van der Waals surface area contributed by atoms with Crippen molar-refractivity contribution in [1.29, 1.82) is 0 Å². The Morgan fingerprint density at radius 3 is 2.29 bits per heavy atom. The van der Waals surface area contributed by atoms with Crippen LogP contribution >= 0.6 is 23.4 Å². The van der Waals surface area contributed by atoms with Gasteiger partial charge in [-0.2, -0.15) is 0 Å². The summed E-state index contributed by atoms with van der Waals surface area (Å²) in [5.41, 5.74) is 1.01. The van der Waals surface area contributed by atoms with Crippen LogP contribution in [0.3, 0.4) is 0 Å². The van der Waals surface area contributed by atoms with E-state index in [1.165, 1.54) is 28.8 Å². The van der Waals surface area contributed by atoms with E-state index in [0.29, 0.717) is 35.2 Å². The van der Waals surface area contributed by atoms with E-state index in [4.69, 9.17) is 16.3 Å². The zero-order valence-corrected chi connectivity index (χ0v) is 26.1. The molecule has 1 N–H and O–H groups in total. The molecular weight excluding hydrogens is 582 g/mol. The fourth-order valence-electron chi connectivity index (χ4n) is 4.09. The Morgan fingerprint density at radius 1 is 1.02 bits per heavy atom. The Hall–Kier alpha value is -3.21. The molecule has 1 atom stereocenters. The van der Waals surface area contributed by atoms with Crippen molar-refractivity contribution in [3.8, 4) is 5.75 Å². The smallest absolute Gasteiger partial charge is 0.264 e. The summed E-state index contributed by atoms with van der Waals surface area (Å²) in [4.78, 5) is 29.3. The number of hydrogen-bond acceptors (Lipinski definition) is 6. The zero-order valence-electron chi connectivity index (χ0n) is 23.7. The van der Waals surface area contributed by atoms with Gasteiger partial charge in [-0.15, -0.1) is 11.8 Å². The van der Waals surface area contributed by atoms with Crippen molar-refractivity contribution in [3.05, 3.63) is 83.4 Å². The van der Waals surface area contributed by atoms with Gasteiger partial charge in [0, 0.05) is 23.0 Å². The van der Waals surface area contributed by atoms with E-state index < -0.39 is 28.5 Å². The second-order valence-electron chi connectivity index (χ2n) is 9.23.